The highest BCUT2D eigenvalue weighted by molar-refractivity contribution is 6.21. The molecule has 0 unspecified atom stereocenters. The number of aromatic nitrogens is 1. The van der Waals surface area contributed by atoms with E-state index in [1.54, 1.807) is 0 Å². The van der Waals surface area contributed by atoms with Crippen molar-refractivity contribution in [1.29, 1.82) is 0 Å². The molecule has 58 heavy (non-hydrogen) atoms. The van der Waals surface area contributed by atoms with E-state index in [1.807, 2.05) is 0 Å². The molecular formula is C56H40N2. The quantitative estimate of drug-likeness (QED) is 0.158. The summed E-state index contributed by atoms with van der Waals surface area (Å²) in [4.78, 5) is 2.37. The van der Waals surface area contributed by atoms with Crippen LogP contribution < -0.4 is 4.90 Å². The van der Waals surface area contributed by atoms with Crippen LogP contribution in [0, 0.1) is 0 Å². The van der Waals surface area contributed by atoms with Crippen molar-refractivity contribution in [2.75, 3.05) is 4.90 Å². The Kier molecular flexibility index (Phi) is 8.33. The number of rotatable bonds is 7. The zero-order valence-corrected chi connectivity index (χ0v) is 32.1. The number of aryl methyl sites for hydroxylation is 1. The van der Waals surface area contributed by atoms with Crippen LogP contribution in [0.15, 0.2) is 212 Å². The highest BCUT2D eigenvalue weighted by atomic mass is 15.1. The van der Waals surface area contributed by atoms with Crippen LogP contribution in [0.25, 0.3) is 77.7 Å². The Balaban J connectivity index is 0.954. The topological polar surface area (TPSA) is 8.17 Å². The van der Waals surface area contributed by atoms with E-state index in [0.717, 1.165) is 35.6 Å². The maximum atomic E-state index is 2.40. The third-order valence-electron chi connectivity index (χ3n) is 11.8. The second-order valence-electron chi connectivity index (χ2n) is 15.3. The highest BCUT2D eigenvalue weighted by Gasteiger charge is 2.17. The van der Waals surface area contributed by atoms with Gasteiger partial charge in [-0.2, -0.15) is 0 Å². The molecule has 11 rings (SSSR count). The normalized spacial score (nSPS) is 12.3. The summed E-state index contributed by atoms with van der Waals surface area (Å²) in [6.07, 6.45) is 6.72. The maximum Gasteiger partial charge on any atom is 0.0547 e. The summed E-state index contributed by atoms with van der Waals surface area (Å²) in [5, 5.41) is 5.13. The molecule has 1 aliphatic carbocycles. The molecule has 0 radical (unpaired) electrons. The van der Waals surface area contributed by atoms with E-state index in [9.17, 15) is 0 Å². The van der Waals surface area contributed by atoms with Crippen LogP contribution in [0.4, 0.5) is 17.1 Å². The predicted octanol–water partition coefficient (Wildman–Crippen LogP) is 15.4. The van der Waals surface area contributed by atoms with Crippen LogP contribution in [-0.4, -0.2) is 4.57 Å². The van der Waals surface area contributed by atoms with Crippen LogP contribution >= 0.6 is 0 Å². The van der Waals surface area contributed by atoms with Crippen molar-refractivity contribution in [2.24, 2.45) is 0 Å². The van der Waals surface area contributed by atoms with E-state index in [-0.39, 0.29) is 0 Å². The van der Waals surface area contributed by atoms with Crippen molar-refractivity contribution in [3.63, 3.8) is 0 Å². The zero-order chi connectivity index (χ0) is 38.4. The molecule has 0 N–H and O–H groups in total. The van der Waals surface area contributed by atoms with Gasteiger partial charge in [-0.05, 0) is 129 Å². The molecule has 0 atom stereocenters. The van der Waals surface area contributed by atoms with E-state index in [2.05, 4.69) is 228 Å². The second kappa shape index (κ2) is 14.3. The van der Waals surface area contributed by atoms with E-state index < -0.39 is 0 Å². The Morgan fingerprint density at radius 2 is 1.00 bits per heavy atom. The minimum atomic E-state index is 1.09. The van der Waals surface area contributed by atoms with Crippen LogP contribution in [0.5, 0.6) is 0 Å². The van der Waals surface area contributed by atoms with E-state index in [0.29, 0.717) is 0 Å². The van der Waals surface area contributed by atoms with Crippen molar-refractivity contribution >= 4 is 55.7 Å². The highest BCUT2D eigenvalue weighted by Crippen LogP contribution is 2.40. The fraction of sp³-hybridized carbons (Fsp3) is 0.0357. The van der Waals surface area contributed by atoms with Gasteiger partial charge in [-0.15, -0.1) is 0 Å². The van der Waals surface area contributed by atoms with Gasteiger partial charge in [0.1, 0.15) is 0 Å². The molecule has 274 valence electrons. The van der Waals surface area contributed by atoms with Gasteiger partial charge in [-0.25, -0.2) is 0 Å². The minimum Gasteiger partial charge on any atom is -0.310 e. The summed E-state index contributed by atoms with van der Waals surface area (Å²) in [6.45, 7) is 0. The summed E-state index contributed by atoms with van der Waals surface area (Å²) in [5.41, 5.74) is 17.0. The van der Waals surface area contributed by atoms with Crippen molar-refractivity contribution in [1.82, 2.24) is 4.57 Å². The summed E-state index contributed by atoms with van der Waals surface area (Å²) in [6, 6.07) is 75.4. The Bertz CT molecular complexity index is 3130. The molecule has 0 fully saturated rings. The third kappa shape index (κ3) is 5.98. The first kappa shape index (κ1) is 33.9. The van der Waals surface area contributed by atoms with Gasteiger partial charge in [-0.3, -0.25) is 0 Å². The molecule has 0 amide bonds. The fourth-order valence-corrected chi connectivity index (χ4v) is 8.94. The number of hydrogen-bond acceptors (Lipinski definition) is 1. The number of nitrogens with zero attached hydrogens (tertiary/aromatic N) is 2. The Morgan fingerprint density at radius 3 is 1.76 bits per heavy atom. The smallest absolute Gasteiger partial charge is 0.0547 e. The van der Waals surface area contributed by atoms with E-state index in [4.69, 9.17) is 0 Å². The molecule has 1 aliphatic rings. The molecule has 0 bridgehead atoms. The lowest BCUT2D eigenvalue weighted by Gasteiger charge is -2.26. The van der Waals surface area contributed by atoms with E-state index in [1.165, 1.54) is 77.1 Å². The average Bonchev–Trinajstić information content (AvgIpc) is 3.65. The van der Waals surface area contributed by atoms with Crippen LogP contribution in [0.3, 0.4) is 0 Å². The van der Waals surface area contributed by atoms with Crippen molar-refractivity contribution in [3.05, 3.63) is 223 Å². The number of allylic oxidation sites excluding steroid dienone is 1. The van der Waals surface area contributed by atoms with Crippen LogP contribution in [0.1, 0.15) is 17.5 Å². The first-order valence-corrected chi connectivity index (χ1v) is 20.2. The van der Waals surface area contributed by atoms with Gasteiger partial charge in [0.05, 0.1) is 11.0 Å². The molecule has 0 aliphatic heterocycles. The molecule has 10 aromatic rings. The number of hydrogen-bond donors (Lipinski definition) is 0. The average molecular weight is 741 g/mol. The van der Waals surface area contributed by atoms with Gasteiger partial charge in [0, 0.05) is 33.5 Å². The Morgan fingerprint density at radius 1 is 0.397 bits per heavy atom. The Labute approximate surface area is 339 Å². The summed E-state index contributed by atoms with van der Waals surface area (Å²) < 4.78 is 2.40. The van der Waals surface area contributed by atoms with Gasteiger partial charge in [-0.1, -0.05) is 158 Å². The fourth-order valence-electron chi connectivity index (χ4n) is 8.94. The van der Waals surface area contributed by atoms with Crippen molar-refractivity contribution in [3.8, 4) is 39.1 Å². The molecular weight excluding hydrogens is 701 g/mol. The monoisotopic (exact) mass is 740 g/mol. The first-order valence-electron chi connectivity index (χ1n) is 20.2. The summed E-state index contributed by atoms with van der Waals surface area (Å²) in [5.74, 6) is 0. The van der Waals surface area contributed by atoms with Crippen LogP contribution in [-0.2, 0) is 6.42 Å². The lowest BCUT2D eigenvalue weighted by atomic mass is 9.93. The first-order chi connectivity index (χ1) is 28.7. The predicted molar refractivity (Wildman–Crippen MR) is 247 cm³/mol. The molecule has 1 heterocycles. The van der Waals surface area contributed by atoms with Crippen molar-refractivity contribution < 1.29 is 0 Å². The largest absolute Gasteiger partial charge is 0.310 e. The number of anilines is 3. The molecule has 2 heteroatoms. The lowest BCUT2D eigenvalue weighted by molar-refractivity contribution is 0.986. The molecule has 9 aromatic carbocycles. The van der Waals surface area contributed by atoms with Gasteiger partial charge in [0.15, 0.2) is 0 Å². The van der Waals surface area contributed by atoms with Gasteiger partial charge >= 0.3 is 0 Å². The van der Waals surface area contributed by atoms with Crippen LogP contribution in [0.2, 0.25) is 0 Å². The molecule has 1 aromatic heterocycles. The standard InChI is InChI=1S/C56H40N2/c1-2-11-39(12-3-1)41-23-30-48(31-24-41)57(51-17-10-16-46(38-51)47-22-21-40-13-4-5-15-45(40)37-47)49-32-25-42(26-33-49)43-27-34-50(35-28-43)58-54-20-9-8-19-53(54)56-52-18-7-6-14-44(52)29-36-55(56)58/h1-4,6-14,16-38H,5,15H2. The summed E-state index contributed by atoms with van der Waals surface area (Å²) >= 11 is 0. The third-order valence-corrected chi connectivity index (χ3v) is 11.8. The second-order valence-corrected chi connectivity index (χ2v) is 15.3. The molecule has 2 nitrogen and oxygen atoms in total. The van der Waals surface area contributed by atoms with Gasteiger partial charge < -0.3 is 9.47 Å². The lowest BCUT2D eigenvalue weighted by Crippen LogP contribution is -2.10. The number of fused-ring (bicyclic) bond motifs is 6. The maximum absolute atomic E-state index is 2.40. The molecule has 0 saturated heterocycles. The SMILES string of the molecule is C1=Cc2ccc(-c3cccc(N(c4ccc(-c5ccccc5)cc4)c4ccc(-c5ccc(-n6c7ccccc7c7c8ccccc8ccc76)cc5)cc4)c3)cc2CC1. The van der Waals surface area contributed by atoms with Gasteiger partial charge in [0.25, 0.3) is 0 Å². The zero-order valence-electron chi connectivity index (χ0n) is 32.1. The number of para-hydroxylation sites is 1. The van der Waals surface area contributed by atoms with E-state index >= 15 is 0 Å². The minimum absolute atomic E-state index is 1.09. The Hall–Kier alpha value is -7.42. The van der Waals surface area contributed by atoms with Gasteiger partial charge in [0.2, 0.25) is 0 Å². The number of benzene rings is 9. The summed E-state index contributed by atoms with van der Waals surface area (Å²) in [7, 11) is 0. The van der Waals surface area contributed by atoms with Crippen molar-refractivity contribution in [2.45, 2.75) is 12.8 Å². The molecule has 0 spiro atoms. The molecule has 0 saturated carbocycles.